The van der Waals surface area contributed by atoms with E-state index in [4.69, 9.17) is 0 Å². The lowest BCUT2D eigenvalue weighted by molar-refractivity contribution is 1.67. The molecule has 0 spiro atoms. The van der Waals surface area contributed by atoms with Crippen LogP contribution >= 0.6 is 0 Å². The first kappa shape index (κ1) is 18.9. The highest BCUT2D eigenvalue weighted by Crippen LogP contribution is 1.97. The van der Waals surface area contributed by atoms with E-state index >= 15 is 0 Å². The molecule has 0 aromatic heterocycles. The van der Waals surface area contributed by atoms with Gasteiger partial charge in [-0.15, -0.1) is 13.2 Å². The zero-order valence-electron chi connectivity index (χ0n) is 8.65. The monoisotopic (exact) mass is 202 g/mol. The van der Waals surface area contributed by atoms with Gasteiger partial charge in [-0.3, -0.25) is 0 Å². The molecule has 0 radical (unpaired) electrons. The third-order valence-corrected chi connectivity index (χ3v) is 1.20. The Morgan fingerprint density at radius 2 is 1.20 bits per heavy atom. The maximum Gasteiger partial charge on any atom is -0.0263 e. The maximum absolute atomic E-state index is 3.63. The Kier molecular flexibility index (Phi) is 22.7. The molecule has 15 heavy (non-hydrogen) atoms. The molecule has 1 aromatic carbocycles. The summed E-state index contributed by atoms with van der Waals surface area (Å²) < 4.78 is 0. The minimum Gasteiger partial charge on any atom is -0.106 e. The zero-order valence-corrected chi connectivity index (χ0v) is 8.65. The van der Waals surface area contributed by atoms with Crippen molar-refractivity contribution in [2.24, 2.45) is 0 Å². The van der Waals surface area contributed by atoms with Crippen molar-refractivity contribution in [3.63, 3.8) is 0 Å². The molecule has 1 rings (SSSR count). The van der Waals surface area contributed by atoms with Gasteiger partial charge in [0.2, 0.25) is 0 Å². The molecule has 0 aliphatic heterocycles. The van der Waals surface area contributed by atoms with Crippen LogP contribution in [0.2, 0.25) is 0 Å². The van der Waals surface area contributed by atoms with E-state index in [9.17, 15) is 0 Å². The van der Waals surface area contributed by atoms with Gasteiger partial charge in [-0.25, -0.2) is 0 Å². The molecule has 0 saturated heterocycles. The number of rotatable bonds is 2. The van der Waals surface area contributed by atoms with E-state index < -0.39 is 0 Å². The molecule has 0 saturated carbocycles. The number of allylic oxidation sites excluding steroid dienone is 2. The molecule has 0 nitrogen and oxygen atoms in total. The third kappa shape index (κ3) is 15.0. The van der Waals surface area contributed by atoms with E-state index in [0.717, 1.165) is 0 Å². The van der Waals surface area contributed by atoms with Crippen molar-refractivity contribution in [1.82, 2.24) is 0 Å². The van der Waals surface area contributed by atoms with Crippen LogP contribution in [0, 0.1) is 0 Å². The normalized spacial score (nSPS) is 6.13. The SMILES string of the molecule is C.C=C.C=CC=C.C=Cc1ccccc1. The van der Waals surface area contributed by atoms with Crippen molar-refractivity contribution >= 4 is 6.08 Å². The Hall–Kier alpha value is -1.82. The van der Waals surface area contributed by atoms with Gasteiger partial charge in [0.25, 0.3) is 0 Å². The van der Waals surface area contributed by atoms with Gasteiger partial charge >= 0.3 is 0 Å². The molecule has 0 atom stereocenters. The number of benzene rings is 1. The van der Waals surface area contributed by atoms with Crippen molar-refractivity contribution in [3.05, 3.63) is 80.9 Å². The lowest BCUT2D eigenvalue weighted by atomic mass is 10.2. The fourth-order valence-electron chi connectivity index (χ4n) is 0.589. The van der Waals surface area contributed by atoms with Crippen LogP contribution in [0.1, 0.15) is 13.0 Å². The summed E-state index contributed by atoms with van der Waals surface area (Å²) in [5.74, 6) is 0. The van der Waals surface area contributed by atoms with E-state index in [1.807, 2.05) is 36.4 Å². The Morgan fingerprint density at radius 3 is 1.40 bits per heavy atom. The summed E-state index contributed by atoms with van der Waals surface area (Å²) in [4.78, 5) is 0. The second-order valence-electron chi connectivity index (χ2n) is 2.09. The van der Waals surface area contributed by atoms with Crippen molar-refractivity contribution in [2.45, 2.75) is 7.43 Å². The van der Waals surface area contributed by atoms with Crippen LogP contribution in [0.5, 0.6) is 0 Å². The van der Waals surface area contributed by atoms with Gasteiger partial charge < -0.3 is 0 Å². The Balaban J connectivity index is -0.000000179. The predicted molar refractivity (Wildman–Crippen MR) is 74.9 cm³/mol. The van der Waals surface area contributed by atoms with E-state index in [1.165, 1.54) is 5.56 Å². The lowest BCUT2D eigenvalue weighted by Crippen LogP contribution is -1.63. The number of hydrogen-bond acceptors (Lipinski definition) is 0. The largest absolute Gasteiger partial charge is 0.106 e. The van der Waals surface area contributed by atoms with Crippen LogP contribution in [0.4, 0.5) is 0 Å². The standard InChI is InChI=1S/C8H8.C4H6.C2H4.CH4/c1-2-8-6-4-3-5-7-8;1-3-4-2;1-2;/h2-7H,1H2;3-4H,1-2H2;1-2H2;1H4. The fraction of sp³-hybridized carbons (Fsp3) is 0.0667. The minimum absolute atomic E-state index is 0. The molecule has 0 aliphatic rings. The molecule has 0 fully saturated rings. The second kappa shape index (κ2) is 18.1. The smallest absolute Gasteiger partial charge is 0.0263 e. The molecule has 0 heterocycles. The van der Waals surface area contributed by atoms with Crippen molar-refractivity contribution in [3.8, 4) is 0 Å². The zero-order chi connectivity index (χ0) is 11.2. The van der Waals surface area contributed by atoms with Crippen LogP contribution < -0.4 is 0 Å². The van der Waals surface area contributed by atoms with Crippen LogP contribution in [0.15, 0.2) is 75.4 Å². The number of hydrogen-bond donors (Lipinski definition) is 0. The summed E-state index contributed by atoms with van der Waals surface area (Å²) in [6.45, 7) is 16.4. The maximum atomic E-state index is 3.63. The minimum atomic E-state index is 0. The average Bonchev–Trinajstić information content (AvgIpc) is 2.33. The second-order valence-corrected chi connectivity index (χ2v) is 2.09. The molecule has 1 aromatic rings. The van der Waals surface area contributed by atoms with Crippen molar-refractivity contribution in [2.75, 3.05) is 0 Å². The summed E-state index contributed by atoms with van der Waals surface area (Å²) in [5.41, 5.74) is 1.17. The van der Waals surface area contributed by atoms with Crippen molar-refractivity contribution in [1.29, 1.82) is 0 Å². The highest BCUT2D eigenvalue weighted by atomic mass is 13.8. The predicted octanol–water partition coefficient (Wildman–Crippen LogP) is 5.13. The Labute approximate surface area is 95.0 Å². The average molecular weight is 202 g/mol. The fourth-order valence-corrected chi connectivity index (χ4v) is 0.589. The van der Waals surface area contributed by atoms with Gasteiger partial charge in [0.15, 0.2) is 0 Å². The highest BCUT2D eigenvalue weighted by Gasteiger charge is 1.75. The first-order valence-electron chi connectivity index (χ1n) is 4.26. The quantitative estimate of drug-likeness (QED) is 0.461. The molecule has 0 heteroatoms. The first-order valence-corrected chi connectivity index (χ1v) is 4.26. The van der Waals surface area contributed by atoms with Crippen LogP contribution in [-0.2, 0) is 0 Å². The van der Waals surface area contributed by atoms with Crippen LogP contribution in [-0.4, -0.2) is 0 Å². The van der Waals surface area contributed by atoms with E-state index in [-0.39, 0.29) is 7.43 Å². The summed E-state index contributed by atoms with van der Waals surface area (Å²) in [6.07, 6.45) is 5.11. The van der Waals surface area contributed by atoms with E-state index in [1.54, 1.807) is 12.2 Å². The molecular formula is C15H22. The van der Waals surface area contributed by atoms with Crippen molar-refractivity contribution < 1.29 is 0 Å². The van der Waals surface area contributed by atoms with Gasteiger partial charge in [-0.1, -0.05) is 75.7 Å². The molecule has 0 unspecified atom stereocenters. The van der Waals surface area contributed by atoms with Gasteiger partial charge in [0.1, 0.15) is 0 Å². The van der Waals surface area contributed by atoms with Gasteiger partial charge in [0, 0.05) is 0 Å². The van der Waals surface area contributed by atoms with Gasteiger partial charge in [-0.05, 0) is 5.56 Å². The topological polar surface area (TPSA) is 0 Å². The summed E-state index contributed by atoms with van der Waals surface area (Å²) >= 11 is 0. The highest BCUT2D eigenvalue weighted by molar-refractivity contribution is 5.45. The summed E-state index contributed by atoms with van der Waals surface area (Å²) in [7, 11) is 0. The van der Waals surface area contributed by atoms with E-state index in [0.29, 0.717) is 0 Å². The van der Waals surface area contributed by atoms with E-state index in [2.05, 4.69) is 32.9 Å². The van der Waals surface area contributed by atoms with Crippen LogP contribution in [0.3, 0.4) is 0 Å². The Morgan fingerprint density at radius 1 is 0.800 bits per heavy atom. The molecular weight excluding hydrogens is 180 g/mol. The molecule has 0 N–H and O–H groups in total. The van der Waals surface area contributed by atoms with Crippen LogP contribution in [0.25, 0.3) is 6.08 Å². The first-order chi connectivity index (χ1) is 6.85. The third-order valence-electron chi connectivity index (χ3n) is 1.20. The molecule has 0 aliphatic carbocycles. The summed E-state index contributed by atoms with van der Waals surface area (Å²) in [5, 5.41) is 0. The Bertz CT molecular complexity index is 238. The van der Waals surface area contributed by atoms with Gasteiger partial charge in [0.05, 0.1) is 0 Å². The molecule has 82 valence electrons. The van der Waals surface area contributed by atoms with Gasteiger partial charge in [-0.2, -0.15) is 0 Å². The summed E-state index contributed by atoms with van der Waals surface area (Å²) in [6, 6.07) is 10.0. The lowest BCUT2D eigenvalue weighted by Gasteiger charge is -1.85. The molecule has 0 bridgehead atoms. The molecule has 0 amide bonds.